The lowest BCUT2D eigenvalue weighted by atomic mass is 10.1. The van der Waals surface area contributed by atoms with E-state index in [2.05, 4.69) is 49.1 Å². The third-order valence-corrected chi connectivity index (χ3v) is 5.72. The SMILES string of the molecule is Cc1ccc(Cl)cc1N1CCN(Cc2nnnn2C2CCCC2)CC1.Cl. The second kappa shape index (κ2) is 8.55. The van der Waals surface area contributed by atoms with Gasteiger partial charge in [-0.15, -0.1) is 17.5 Å². The van der Waals surface area contributed by atoms with Gasteiger partial charge in [-0.1, -0.05) is 30.5 Å². The minimum Gasteiger partial charge on any atom is -0.369 e. The number of hydrogen-bond donors (Lipinski definition) is 0. The molecule has 6 nitrogen and oxygen atoms in total. The molecule has 0 unspecified atom stereocenters. The van der Waals surface area contributed by atoms with Crippen LogP contribution in [0.1, 0.15) is 43.1 Å². The molecule has 0 N–H and O–H groups in total. The Kier molecular flexibility index (Phi) is 6.37. The van der Waals surface area contributed by atoms with Crippen molar-refractivity contribution in [2.45, 2.75) is 45.2 Å². The van der Waals surface area contributed by atoms with Crippen LogP contribution in [-0.2, 0) is 6.54 Å². The number of piperazine rings is 1. The molecule has 1 saturated carbocycles. The summed E-state index contributed by atoms with van der Waals surface area (Å²) in [5.74, 6) is 1.01. The van der Waals surface area contributed by atoms with Crippen molar-refractivity contribution in [1.82, 2.24) is 25.1 Å². The van der Waals surface area contributed by atoms with Crippen LogP contribution >= 0.6 is 24.0 Å². The average molecular weight is 397 g/mol. The first-order valence-corrected chi connectivity index (χ1v) is 9.59. The van der Waals surface area contributed by atoms with Crippen LogP contribution < -0.4 is 4.90 Å². The zero-order valence-corrected chi connectivity index (χ0v) is 16.7. The first-order valence-electron chi connectivity index (χ1n) is 9.21. The minimum absolute atomic E-state index is 0. The van der Waals surface area contributed by atoms with Gasteiger partial charge in [0.2, 0.25) is 0 Å². The molecule has 2 heterocycles. The number of nitrogens with zero attached hydrogens (tertiary/aromatic N) is 6. The Morgan fingerprint density at radius 1 is 1.12 bits per heavy atom. The minimum atomic E-state index is 0. The van der Waals surface area contributed by atoms with Gasteiger partial charge in [-0.25, -0.2) is 4.68 Å². The highest BCUT2D eigenvalue weighted by atomic mass is 35.5. The number of benzene rings is 1. The Labute approximate surface area is 165 Å². The van der Waals surface area contributed by atoms with Crippen molar-refractivity contribution in [3.8, 4) is 0 Å². The van der Waals surface area contributed by atoms with E-state index >= 15 is 0 Å². The number of aromatic nitrogens is 4. The summed E-state index contributed by atoms with van der Waals surface area (Å²) in [5, 5.41) is 13.3. The monoisotopic (exact) mass is 396 g/mol. The van der Waals surface area contributed by atoms with Crippen molar-refractivity contribution >= 4 is 29.7 Å². The molecule has 0 atom stereocenters. The summed E-state index contributed by atoms with van der Waals surface area (Å²) < 4.78 is 2.07. The molecule has 1 aromatic carbocycles. The number of hydrogen-bond acceptors (Lipinski definition) is 5. The highest BCUT2D eigenvalue weighted by Gasteiger charge is 2.24. The summed E-state index contributed by atoms with van der Waals surface area (Å²) in [7, 11) is 0. The molecule has 0 spiro atoms. The fourth-order valence-corrected chi connectivity index (χ4v) is 4.19. The summed E-state index contributed by atoms with van der Waals surface area (Å²) in [6, 6.07) is 6.63. The Morgan fingerprint density at radius 2 is 1.85 bits per heavy atom. The molecule has 142 valence electrons. The second-order valence-corrected chi connectivity index (χ2v) is 7.61. The van der Waals surface area contributed by atoms with E-state index in [1.54, 1.807) is 0 Å². The van der Waals surface area contributed by atoms with E-state index in [-0.39, 0.29) is 12.4 Å². The fraction of sp³-hybridized carbons (Fsp3) is 0.611. The van der Waals surface area contributed by atoms with Gasteiger partial charge in [-0.3, -0.25) is 4.90 Å². The largest absolute Gasteiger partial charge is 0.369 e. The molecule has 1 saturated heterocycles. The second-order valence-electron chi connectivity index (χ2n) is 7.17. The molecule has 1 aliphatic carbocycles. The van der Waals surface area contributed by atoms with Gasteiger partial charge >= 0.3 is 0 Å². The zero-order valence-electron chi connectivity index (χ0n) is 15.1. The Morgan fingerprint density at radius 3 is 2.58 bits per heavy atom. The van der Waals surface area contributed by atoms with Gasteiger partial charge in [-0.05, 0) is 47.9 Å². The van der Waals surface area contributed by atoms with E-state index in [1.807, 2.05) is 6.07 Å². The Hall–Kier alpha value is -1.37. The first-order chi connectivity index (χ1) is 12.2. The van der Waals surface area contributed by atoms with Crippen LogP contribution in [0.4, 0.5) is 5.69 Å². The molecular formula is C18H26Cl2N6. The van der Waals surface area contributed by atoms with Crippen LogP contribution in [0.15, 0.2) is 18.2 Å². The number of tetrazole rings is 1. The van der Waals surface area contributed by atoms with Crippen molar-refractivity contribution in [3.05, 3.63) is 34.6 Å². The lowest BCUT2D eigenvalue weighted by molar-refractivity contribution is 0.236. The predicted molar refractivity (Wildman–Crippen MR) is 106 cm³/mol. The van der Waals surface area contributed by atoms with Gasteiger partial charge in [0.15, 0.2) is 5.82 Å². The molecule has 1 aliphatic heterocycles. The van der Waals surface area contributed by atoms with Crippen LogP contribution in [0, 0.1) is 6.92 Å². The Balaban J connectivity index is 0.00000196. The number of halogens is 2. The van der Waals surface area contributed by atoms with Crippen molar-refractivity contribution in [3.63, 3.8) is 0 Å². The summed E-state index contributed by atoms with van der Waals surface area (Å²) in [5.41, 5.74) is 2.53. The lowest BCUT2D eigenvalue weighted by Crippen LogP contribution is -2.46. The average Bonchev–Trinajstić information content (AvgIpc) is 3.29. The van der Waals surface area contributed by atoms with Crippen molar-refractivity contribution in [1.29, 1.82) is 0 Å². The third kappa shape index (κ3) is 4.13. The van der Waals surface area contributed by atoms with E-state index in [4.69, 9.17) is 11.6 Å². The molecule has 26 heavy (non-hydrogen) atoms. The van der Waals surface area contributed by atoms with Crippen LogP contribution in [0.25, 0.3) is 0 Å². The predicted octanol–water partition coefficient (Wildman–Crippen LogP) is 3.49. The molecule has 2 aromatic rings. The van der Waals surface area contributed by atoms with Crippen LogP contribution in [-0.4, -0.2) is 51.3 Å². The maximum absolute atomic E-state index is 6.18. The van der Waals surface area contributed by atoms with E-state index in [1.165, 1.54) is 36.9 Å². The summed E-state index contributed by atoms with van der Waals surface area (Å²) in [4.78, 5) is 4.88. The van der Waals surface area contributed by atoms with Crippen molar-refractivity contribution in [2.24, 2.45) is 0 Å². The van der Waals surface area contributed by atoms with Crippen LogP contribution in [0.2, 0.25) is 5.02 Å². The van der Waals surface area contributed by atoms with Crippen molar-refractivity contribution in [2.75, 3.05) is 31.1 Å². The van der Waals surface area contributed by atoms with E-state index < -0.39 is 0 Å². The highest BCUT2D eigenvalue weighted by molar-refractivity contribution is 6.30. The van der Waals surface area contributed by atoms with Gasteiger partial charge in [0.05, 0.1) is 12.6 Å². The Bertz CT molecular complexity index is 720. The third-order valence-electron chi connectivity index (χ3n) is 5.48. The van der Waals surface area contributed by atoms with Crippen LogP contribution in [0.3, 0.4) is 0 Å². The quantitative estimate of drug-likeness (QED) is 0.791. The zero-order chi connectivity index (χ0) is 17.2. The molecule has 2 aliphatic rings. The summed E-state index contributed by atoms with van der Waals surface area (Å²) in [6.45, 7) is 7.03. The maximum atomic E-state index is 6.18. The van der Waals surface area contributed by atoms with Gasteiger partial charge in [-0.2, -0.15) is 0 Å². The van der Waals surface area contributed by atoms with Gasteiger partial charge in [0.1, 0.15) is 0 Å². The van der Waals surface area contributed by atoms with E-state index in [9.17, 15) is 0 Å². The highest BCUT2D eigenvalue weighted by Crippen LogP contribution is 2.29. The molecule has 4 rings (SSSR count). The summed E-state index contributed by atoms with van der Waals surface area (Å²) >= 11 is 6.18. The standard InChI is InChI=1S/C18H25ClN6.ClH/c1-14-6-7-15(19)12-17(14)24-10-8-23(9-11-24)13-18-20-21-22-25(18)16-4-2-3-5-16;/h6-7,12,16H,2-5,8-11,13H2,1H3;1H. The maximum Gasteiger partial charge on any atom is 0.165 e. The molecule has 0 amide bonds. The molecule has 8 heteroatoms. The molecule has 2 fully saturated rings. The van der Waals surface area contributed by atoms with Crippen molar-refractivity contribution < 1.29 is 0 Å². The van der Waals surface area contributed by atoms with Crippen LogP contribution in [0.5, 0.6) is 0 Å². The summed E-state index contributed by atoms with van der Waals surface area (Å²) in [6.07, 6.45) is 5.00. The lowest BCUT2D eigenvalue weighted by Gasteiger charge is -2.36. The van der Waals surface area contributed by atoms with E-state index in [0.717, 1.165) is 43.6 Å². The normalized spacial score (nSPS) is 18.9. The van der Waals surface area contributed by atoms with Gasteiger partial charge in [0.25, 0.3) is 0 Å². The number of rotatable bonds is 4. The number of aryl methyl sites for hydroxylation is 1. The topological polar surface area (TPSA) is 50.1 Å². The molecule has 1 aromatic heterocycles. The van der Waals surface area contributed by atoms with Gasteiger partial charge < -0.3 is 4.90 Å². The number of anilines is 1. The fourth-order valence-electron chi connectivity index (χ4n) is 4.02. The molecular weight excluding hydrogens is 371 g/mol. The van der Waals surface area contributed by atoms with Gasteiger partial charge in [0, 0.05) is 36.9 Å². The molecule has 0 bridgehead atoms. The van der Waals surface area contributed by atoms with E-state index in [0.29, 0.717) is 6.04 Å². The smallest absolute Gasteiger partial charge is 0.165 e. The first kappa shape index (κ1) is 19.4. The molecule has 0 radical (unpaired) electrons.